The second kappa shape index (κ2) is 5.16. The zero-order chi connectivity index (χ0) is 12.3. The lowest BCUT2D eigenvalue weighted by atomic mass is 10.1. The van der Waals surface area contributed by atoms with E-state index >= 15 is 0 Å². The number of rotatable bonds is 4. The molecule has 0 bridgehead atoms. The zero-order valence-electron chi connectivity index (χ0n) is 9.52. The van der Waals surface area contributed by atoms with Crippen LogP contribution in [0, 0.1) is 0 Å². The summed E-state index contributed by atoms with van der Waals surface area (Å²) < 4.78 is 0. The van der Waals surface area contributed by atoms with Crippen LogP contribution in [0.25, 0.3) is 0 Å². The summed E-state index contributed by atoms with van der Waals surface area (Å²) in [5, 5.41) is 20.8. The Labute approximate surface area is 99.7 Å². The van der Waals surface area contributed by atoms with E-state index in [0.29, 0.717) is 13.1 Å². The molecule has 1 aliphatic heterocycles. The van der Waals surface area contributed by atoms with Crippen molar-refractivity contribution in [1.29, 1.82) is 0 Å². The van der Waals surface area contributed by atoms with Crippen molar-refractivity contribution in [2.75, 3.05) is 31.1 Å². The molecule has 1 heterocycles. The molecule has 3 N–H and O–H groups in total. The van der Waals surface area contributed by atoms with Gasteiger partial charge in [-0.2, -0.15) is 0 Å². The molecule has 92 valence electrons. The van der Waals surface area contributed by atoms with Crippen LogP contribution < -0.4 is 10.2 Å². The number of fused-ring (bicyclic) bond motifs is 1. The largest absolute Gasteiger partial charge is 0.508 e. The number of carbonyl (C=O) groups excluding carboxylic acids is 1. The summed E-state index contributed by atoms with van der Waals surface area (Å²) in [5.74, 6) is 0.222. The van der Waals surface area contributed by atoms with Gasteiger partial charge < -0.3 is 20.4 Å². The van der Waals surface area contributed by atoms with Crippen LogP contribution in [-0.2, 0) is 11.2 Å². The number of hydrogen-bond donors (Lipinski definition) is 3. The van der Waals surface area contributed by atoms with Gasteiger partial charge in [-0.1, -0.05) is 0 Å². The highest BCUT2D eigenvalue weighted by Gasteiger charge is 2.24. The Balaban J connectivity index is 2.03. The number of nitrogens with zero attached hydrogens (tertiary/aromatic N) is 1. The first-order valence-electron chi connectivity index (χ1n) is 5.66. The summed E-state index contributed by atoms with van der Waals surface area (Å²) in [6.07, 6.45) is 0.773. The zero-order valence-corrected chi connectivity index (χ0v) is 9.52. The fraction of sp³-hybridized carbons (Fsp3) is 0.417. The van der Waals surface area contributed by atoms with Crippen LogP contribution in [0.4, 0.5) is 5.69 Å². The maximum Gasteiger partial charge on any atom is 0.240 e. The molecule has 0 unspecified atom stereocenters. The smallest absolute Gasteiger partial charge is 0.240 e. The molecule has 0 saturated heterocycles. The third-order valence-corrected chi connectivity index (χ3v) is 2.82. The van der Waals surface area contributed by atoms with Crippen molar-refractivity contribution in [3.05, 3.63) is 23.8 Å². The molecule has 1 aliphatic rings. The third-order valence-electron chi connectivity index (χ3n) is 2.82. The van der Waals surface area contributed by atoms with Crippen molar-refractivity contribution in [3.63, 3.8) is 0 Å². The second-order valence-corrected chi connectivity index (χ2v) is 4.01. The van der Waals surface area contributed by atoms with E-state index in [2.05, 4.69) is 5.32 Å². The van der Waals surface area contributed by atoms with E-state index in [1.807, 2.05) is 0 Å². The molecule has 1 aromatic rings. The molecule has 0 spiro atoms. The van der Waals surface area contributed by atoms with Gasteiger partial charge >= 0.3 is 0 Å². The molecular weight excluding hydrogens is 220 g/mol. The molecule has 0 aromatic heterocycles. The van der Waals surface area contributed by atoms with Gasteiger partial charge in [-0.25, -0.2) is 0 Å². The van der Waals surface area contributed by atoms with E-state index in [0.717, 1.165) is 17.7 Å². The van der Waals surface area contributed by atoms with Gasteiger partial charge in [0.1, 0.15) is 5.75 Å². The lowest BCUT2D eigenvalue weighted by Crippen LogP contribution is -2.38. The molecule has 17 heavy (non-hydrogen) atoms. The fourth-order valence-electron chi connectivity index (χ4n) is 2.02. The predicted octanol–water partition coefficient (Wildman–Crippen LogP) is -0.137. The van der Waals surface area contributed by atoms with E-state index in [1.165, 1.54) is 0 Å². The SMILES string of the molecule is O=C(CNCCO)N1CCc2cc(O)ccc21. The first-order chi connectivity index (χ1) is 8.22. The number of phenolic OH excluding ortho intramolecular Hbond substituents is 1. The van der Waals surface area contributed by atoms with Gasteiger partial charge in [0.25, 0.3) is 0 Å². The molecule has 1 amide bonds. The normalized spacial score (nSPS) is 13.8. The van der Waals surface area contributed by atoms with Crippen LogP contribution in [0.5, 0.6) is 5.75 Å². The van der Waals surface area contributed by atoms with E-state index in [-0.39, 0.29) is 24.8 Å². The molecule has 0 fully saturated rings. The minimum atomic E-state index is -0.0112. The lowest BCUT2D eigenvalue weighted by molar-refractivity contribution is -0.117. The fourth-order valence-corrected chi connectivity index (χ4v) is 2.02. The Bertz CT molecular complexity index is 420. The number of aromatic hydroxyl groups is 1. The Morgan fingerprint density at radius 1 is 1.47 bits per heavy atom. The molecule has 1 aromatic carbocycles. The van der Waals surface area contributed by atoms with Crippen LogP contribution in [0.1, 0.15) is 5.56 Å². The number of nitrogens with one attached hydrogen (secondary N) is 1. The van der Waals surface area contributed by atoms with E-state index in [1.54, 1.807) is 23.1 Å². The van der Waals surface area contributed by atoms with E-state index in [4.69, 9.17) is 5.11 Å². The lowest BCUT2D eigenvalue weighted by Gasteiger charge is -2.17. The Morgan fingerprint density at radius 3 is 3.06 bits per heavy atom. The Hall–Kier alpha value is -1.59. The molecule has 0 atom stereocenters. The highest BCUT2D eigenvalue weighted by molar-refractivity contribution is 5.96. The van der Waals surface area contributed by atoms with E-state index in [9.17, 15) is 9.90 Å². The van der Waals surface area contributed by atoms with Gasteiger partial charge in [0.05, 0.1) is 13.2 Å². The van der Waals surface area contributed by atoms with Crippen LogP contribution in [0.2, 0.25) is 0 Å². The summed E-state index contributed by atoms with van der Waals surface area (Å²) in [7, 11) is 0. The first-order valence-corrected chi connectivity index (χ1v) is 5.66. The molecule has 0 saturated carbocycles. The summed E-state index contributed by atoms with van der Waals surface area (Å²) in [4.78, 5) is 13.6. The first kappa shape index (κ1) is 11.9. The monoisotopic (exact) mass is 236 g/mol. The summed E-state index contributed by atoms with van der Waals surface area (Å²) in [6, 6.07) is 5.05. The number of benzene rings is 1. The summed E-state index contributed by atoms with van der Waals surface area (Å²) in [6.45, 7) is 1.32. The number of hydrogen-bond acceptors (Lipinski definition) is 4. The number of aliphatic hydroxyl groups excluding tert-OH is 1. The summed E-state index contributed by atoms with van der Waals surface area (Å²) in [5.41, 5.74) is 1.87. The van der Waals surface area contributed by atoms with Crippen molar-refractivity contribution in [2.45, 2.75) is 6.42 Å². The molecule has 5 nitrogen and oxygen atoms in total. The number of amides is 1. The van der Waals surface area contributed by atoms with Gasteiger partial charge in [0.15, 0.2) is 0 Å². The van der Waals surface area contributed by atoms with Gasteiger partial charge in [0.2, 0.25) is 5.91 Å². The van der Waals surface area contributed by atoms with Gasteiger partial charge in [-0.15, -0.1) is 0 Å². The van der Waals surface area contributed by atoms with Crippen LogP contribution in [-0.4, -0.2) is 42.4 Å². The summed E-state index contributed by atoms with van der Waals surface area (Å²) >= 11 is 0. The van der Waals surface area contributed by atoms with E-state index < -0.39 is 0 Å². The third kappa shape index (κ3) is 2.57. The molecule has 2 rings (SSSR count). The molecule has 0 radical (unpaired) electrons. The van der Waals surface area contributed by atoms with Crippen LogP contribution in [0.15, 0.2) is 18.2 Å². The van der Waals surface area contributed by atoms with Crippen molar-refractivity contribution in [3.8, 4) is 5.75 Å². The highest BCUT2D eigenvalue weighted by atomic mass is 16.3. The second-order valence-electron chi connectivity index (χ2n) is 4.01. The molecule has 0 aliphatic carbocycles. The van der Waals surface area contributed by atoms with Crippen LogP contribution >= 0.6 is 0 Å². The van der Waals surface area contributed by atoms with Crippen molar-refractivity contribution < 1.29 is 15.0 Å². The minimum absolute atomic E-state index is 0.0112. The topological polar surface area (TPSA) is 72.8 Å². The molecular formula is C12H16N2O3. The van der Waals surface area contributed by atoms with Gasteiger partial charge in [-0.05, 0) is 30.2 Å². The van der Waals surface area contributed by atoms with Crippen LogP contribution in [0.3, 0.4) is 0 Å². The highest BCUT2D eigenvalue weighted by Crippen LogP contribution is 2.30. The number of aliphatic hydroxyl groups is 1. The van der Waals surface area contributed by atoms with Crippen molar-refractivity contribution >= 4 is 11.6 Å². The minimum Gasteiger partial charge on any atom is -0.508 e. The average Bonchev–Trinajstić information content (AvgIpc) is 2.72. The Kier molecular flexibility index (Phi) is 3.61. The number of anilines is 1. The maximum atomic E-state index is 11.9. The van der Waals surface area contributed by atoms with Gasteiger partial charge in [0, 0.05) is 18.8 Å². The van der Waals surface area contributed by atoms with Gasteiger partial charge in [-0.3, -0.25) is 4.79 Å². The standard InChI is InChI=1S/C12H16N2O3/c15-6-4-13-8-12(17)14-5-3-9-7-10(16)1-2-11(9)14/h1-2,7,13,15-16H,3-6,8H2. The maximum absolute atomic E-state index is 11.9. The molecule has 5 heteroatoms. The quantitative estimate of drug-likeness (QED) is 0.636. The average molecular weight is 236 g/mol. The van der Waals surface area contributed by atoms with Crippen molar-refractivity contribution in [1.82, 2.24) is 5.32 Å². The predicted molar refractivity (Wildman–Crippen MR) is 64.1 cm³/mol. The number of carbonyl (C=O) groups is 1. The number of phenols is 1. The Morgan fingerprint density at radius 2 is 2.29 bits per heavy atom. The van der Waals surface area contributed by atoms with Crippen molar-refractivity contribution in [2.24, 2.45) is 0 Å².